The highest BCUT2D eigenvalue weighted by Crippen LogP contribution is 2.38. The Balaban J connectivity index is 0.000000147. The summed E-state index contributed by atoms with van der Waals surface area (Å²) < 4.78 is 12.3. The molecule has 1 fully saturated rings. The molecule has 1 saturated carbocycles. The van der Waals surface area contributed by atoms with Crippen LogP contribution in [0.25, 0.3) is 0 Å². The lowest BCUT2D eigenvalue weighted by molar-refractivity contribution is 0.627. The van der Waals surface area contributed by atoms with Crippen LogP contribution in [0.2, 0.25) is 0 Å². The molecule has 106 valence electrons. The second kappa shape index (κ2) is 7.17. The monoisotopic (exact) mass is 272 g/mol. The van der Waals surface area contributed by atoms with E-state index in [1.165, 1.54) is 24.1 Å². The van der Waals surface area contributed by atoms with Crippen LogP contribution in [0.3, 0.4) is 0 Å². The highest BCUT2D eigenvalue weighted by Gasteiger charge is 2.34. The van der Waals surface area contributed by atoms with Crippen LogP contribution in [0.5, 0.6) is 0 Å². The lowest BCUT2D eigenvalue weighted by Crippen LogP contribution is -2.02. The van der Waals surface area contributed by atoms with Gasteiger partial charge in [-0.05, 0) is 42.6 Å². The van der Waals surface area contributed by atoms with E-state index in [0.717, 1.165) is 12.0 Å². The van der Waals surface area contributed by atoms with Crippen LogP contribution in [0.1, 0.15) is 23.5 Å². The van der Waals surface area contributed by atoms with Crippen molar-refractivity contribution in [2.24, 2.45) is 11.5 Å². The van der Waals surface area contributed by atoms with Gasteiger partial charge in [-0.3, -0.25) is 0 Å². The third-order valence-electron chi connectivity index (χ3n) is 3.41. The van der Waals surface area contributed by atoms with Gasteiger partial charge in [-0.1, -0.05) is 42.5 Å². The van der Waals surface area contributed by atoms with E-state index < -0.39 is 0 Å². The van der Waals surface area contributed by atoms with Gasteiger partial charge in [0, 0.05) is 12.0 Å². The molecule has 1 aliphatic carbocycles. The molecule has 0 heterocycles. The number of halogens is 1. The topological polar surface area (TPSA) is 52.0 Å². The maximum atomic E-state index is 12.3. The zero-order valence-electron chi connectivity index (χ0n) is 11.5. The third kappa shape index (κ3) is 4.44. The Morgan fingerprint density at radius 3 is 2.10 bits per heavy atom. The van der Waals surface area contributed by atoms with E-state index in [1.807, 2.05) is 6.07 Å². The molecule has 0 amide bonds. The number of hydrogen-bond donors (Lipinski definition) is 2. The minimum Gasteiger partial charge on any atom is -0.330 e. The van der Waals surface area contributed by atoms with Crippen molar-refractivity contribution in [2.75, 3.05) is 6.54 Å². The van der Waals surface area contributed by atoms with E-state index in [9.17, 15) is 4.39 Å². The van der Waals surface area contributed by atoms with Gasteiger partial charge in [0.15, 0.2) is 0 Å². The molecular formula is C17H21FN2. The van der Waals surface area contributed by atoms with E-state index in [4.69, 9.17) is 11.5 Å². The predicted octanol–water partition coefficient (Wildman–Crippen LogP) is 2.83. The Hall–Kier alpha value is -1.71. The molecule has 4 N–H and O–H groups in total. The van der Waals surface area contributed by atoms with Crippen molar-refractivity contribution in [1.29, 1.82) is 0 Å². The molecule has 0 aromatic heterocycles. The van der Waals surface area contributed by atoms with Gasteiger partial charge in [-0.25, -0.2) is 4.39 Å². The minimum atomic E-state index is -0.194. The van der Waals surface area contributed by atoms with Crippen molar-refractivity contribution in [3.05, 3.63) is 71.5 Å². The quantitative estimate of drug-likeness (QED) is 0.902. The summed E-state index contributed by atoms with van der Waals surface area (Å²) in [6.45, 7) is 0.617. The summed E-state index contributed by atoms with van der Waals surface area (Å²) in [6, 6.07) is 17.3. The molecule has 2 nitrogen and oxygen atoms in total. The Kier molecular flexibility index (Phi) is 5.27. The maximum Gasteiger partial charge on any atom is 0.123 e. The van der Waals surface area contributed by atoms with Gasteiger partial charge in [0.2, 0.25) is 0 Å². The average Bonchev–Trinajstić information content (AvgIpc) is 3.21. The lowest BCUT2D eigenvalue weighted by Gasteiger charge is -1.95. The molecule has 3 rings (SSSR count). The fraction of sp³-hybridized carbons (Fsp3) is 0.294. The van der Waals surface area contributed by atoms with Crippen LogP contribution in [-0.2, 0) is 6.42 Å². The highest BCUT2D eigenvalue weighted by atomic mass is 19.1. The first-order valence-electron chi connectivity index (χ1n) is 6.95. The van der Waals surface area contributed by atoms with Crippen LogP contribution >= 0.6 is 0 Å². The zero-order valence-corrected chi connectivity index (χ0v) is 11.5. The van der Waals surface area contributed by atoms with E-state index >= 15 is 0 Å². The second-order valence-electron chi connectivity index (χ2n) is 5.08. The molecule has 0 unspecified atom stereocenters. The van der Waals surface area contributed by atoms with Crippen molar-refractivity contribution >= 4 is 0 Å². The summed E-state index contributed by atoms with van der Waals surface area (Å²) in [6.07, 6.45) is 1.99. The van der Waals surface area contributed by atoms with E-state index in [1.54, 1.807) is 12.1 Å². The molecule has 0 radical (unpaired) electrons. The van der Waals surface area contributed by atoms with E-state index in [0.29, 0.717) is 18.5 Å². The van der Waals surface area contributed by atoms with Gasteiger partial charge in [-0.2, -0.15) is 0 Å². The molecule has 0 spiro atoms. The smallest absolute Gasteiger partial charge is 0.123 e. The van der Waals surface area contributed by atoms with Gasteiger partial charge < -0.3 is 11.5 Å². The van der Waals surface area contributed by atoms with Gasteiger partial charge in [0.1, 0.15) is 5.82 Å². The van der Waals surface area contributed by atoms with Crippen LogP contribution in [-0.4, -0.2) is 12.6 Å². The molecular weight excluding hydrogens is 251 g/mol. The summed E-state index contributed by atoms with van der Waals surface area (Å²) in [7, 11) is 0. The van der Waals surface area contributed by atoms with Crippen molar-refractivity contribution in [3.8, 4) is 0 Å². The molecule has 20 heavy (non-hydrogen) atoms. The van der Waals surface area contributed by atoms with E-state index in [2.05, 4.69) is 24.3 Å². The van der Waals surface area contributed by atoms with Crippen molar-refractivity contribution in [3.63, 3.8) is 0 Å². The zero-order chi connectivity index (χ0) is 14.4. The molecule has 0 bridgehead atoms. The third-order valence-corrected chi connectivity index (χ3v) is 3.41. The highest BCUT2D eigenvalue weighted by molar-refractivity contribution is 5.27. The van der Waals surface area contributed by atoms with Crippen molar-refractivity contribution in [2.45, 2.75) is 24.8 Å². The molecule has 2 aromatic carbocycles. The lowest BCUT2D eigenvalue weighted by atomic mass is 10.1. The Morgan fingerprint density at radius 2 is 1.60 bits per heavy atom. The number of rotatable bonds is 3. The molecule has 0 aliphatic heterocycles. The molecule has 0 saturated heterocycles. The first-order valence-corrected chi connectivity index (χ1v) is 6.95. The fourth-order valence-corrected chi connectivity index (χ4v) is 2.12. The van der Waals surface area contributed by atoms with Crippen LogP contribution in [0.15, 0.2) is 54.6 Å². The Bertz CT molecular complexity index is 510. The van der Waals surface area contributed by atoms with Gasteiger partial charge in [0.25, 0.3) is 0 Å². The summed E-state index contributed by atoms with van der Waals surface area (Å²) >= 11 is 0. The molecule has 2 aromatic rings. The predicted molar refractivity (Wildman–Crippen MR) is 80.9 cm³/mol. The van der Waals surface area contributed by atoms with Gasteiger partial charge in [-0.15, -0.1) is 0 Å². The largest absolute Gasteiger partial charge is 0.330 e. The van der Waals surface area contributed by atoms with E-state index in [-0.39, 0.29) is 5.82 Å². The summed E-state index contributed by atoms with van der Waals surface area (Å²) in [4.78, 5) is 0. The summed E-state index contributed by atoms with van der Waals surface area (Å²) in [5.74, 6) is 0.460. The first kappa shape index (κ1) is 14.7. The number of hydrogen-bond acceptors (Lipinski definition) is 2. The van der Waals surface area contributed by atoms with Crippen molar-refractivity contribution < 1.29 is 4.39 Å². The summed E-state index contributed by atoms with van der Waals surface area (Å²) in [5.41, 5.74) is 13.5. The molecule has 2 atom stereocenters. The fourth-order valence-electron chi connectivity index (χ4n) is 2.12. The standard InChI is InChI=1S/C9H11N.C8H10FN/c10-9-6-8(9)7-4-2-1-3-5-7;9-8-3-1-7(2-4-8)5-6-10/h1-5,8-9H,6,10H2;1-4H,5-6,10H2/t8-,9+;/m0./s1. The SMILES string of the molecule is NCCc1ccc(F)cc1.N[C@@H]1C[C@H]1c1ccccc1. The van der Waals surface area contributed by atoms with Crippen LogP contribution in [0, 0.1) is 5.82 Å². The second-order valence-corrected chi connectivity index (χ2v) is 5.08. The Morgan fingerprint density at radius 1 is 1.00 bits per heavy atom. The average molecular weight is 272 g/mol. The first-order chi connectivity index (χ1) is 9.70. The molecule has 1 aliphatic rings. The van der Waals surface area contributed by atoms with Crippen molar-refractivity contribution in [1.82, 2.24) is 0 Å². The van der Waals surface area contributed by atoms with Crippen LogP contribution < -0.4 is 11.5 Å². The maximum absolute atomic E-state index is 12.3. The summed E-state index contributed by atoms with van der Waals surface area (Å²) in [5, 5.41) is 0. The van der Waals surface area contributed by atoms with Gasteiger partial charge in [0.05, 0.1) is 0 Å². The Labute approximate surface area is 119 Å². The normalized spacial score (nSPS) is 19.9. The van der Waals surface area contributed by atoms with Crippen LogP contribution in [0.4, 0.5) is 4.39 Å². The van der Waals surface area contributed by atoms with Gasteiger partial charge >= 0.3 is 0 Å². The number of benzene rings is 2. The minimum absolute atomic E-state index is 0.194. The molecule has 3 heteroatoms. The number of nitrogens with two attached hydrogens (primary N) is 2.